The van der Waals surface area contributed by atoms with Gasteiger partial charge in [-0.3, -0.25) is 4.90 Å². The summed E-state index contributed by atoms with van der Waals surface area (Å²) < 4.78 is 6.83. The van der Waals surface area contributed by atoms with E-state index in [1.165, 1.54) is 5.56 Å². The van der Waals surface area contributed by atoms with E-state index in [1.807, 2.05) is 11.8 Å². The van der Waals surface area contributed by atoms with Crippen LogP contribution in [-0.4, -0.2) is 53.9 Å². The Morgan fingerprint density at radius 2 is 2.40 bits per heavy atom. The topological polar surface area (TPSA) is 32.7 Å². The zero-order valence-corrected chi connectivity index (χ0v) is 14.0. The van der Waals surface area contributed by atoms with E-state index < -0.39 is 0 Å². The lowest BCUT2D eigenvalue weighted by Crippen LogP contribution is -2.47. The van der Waals surface area contributed by atoms with Crippen LogP contribution < -0.4 is 4.74 Å². The number of halogens is 1. The van der Waals surface area contributed by atoms with Crippen molar-refractivity contribution in [2.24, 2.45) is 0 Å². The van der Waals surface area contributed by atoms with Gasteiger partial charge in [0, 0.05) is 41.4 Å². The van der Waals surface area contributed by atoms with Crippen LogP contribution in [0.3, 0.4) is 0 Å². The third kappa shape index (κ3) is 3.01. The van der Waals surface area contributed by atoms with Crippen LogP contribution in [0.4, 0.5) is 0 Å². The maximum absolute atomic E-state index is 10.6. The lowest BCUT2D eigenvalue weighted by Gasteiger charge is -2.35. The largest absolute Gasteiger partial charge is 0.493 e. The van der Waals surface area contributed by atoms with Crippen molar-refractivity contribution in [1.29, 1.82) is 0 Å². The molecule has 0 bridgehead atoms. The van der Waals surface area contributed by atoms with Crippen LogP contribution in [0.15, 0.2) is 16.6 Å². The molecule has 3 rings (SSSR count). The van der Waals surface area contributed by atoms with Gasteiger partial charge in [0.25, 0.3) is 0 Å². The van der Waals surface area contributed by atoms with Gasteiger partial charge >= 0.3 is 0 Å². The molecule has 1 saturated heterocycles. The van der Waals surface area contributed by atoms with Crippen LogP contribution in [0, 0.1) is 0 Å². The molecule has 1 N–H and O–H groups in total. The van der Waals surface area contributed by atoms with Crippen molar-refractivity contribution >= 4 is 27.7 Å². The zero-order valence-electron chi connectivity index (χ0n) is 11.6. The van der Waals surface area contributed by atoms with E-state index in [9.17, 15) is 5.11 Å². The number of hydrogen-bond acceptors (Lipinski definition) is 4. The molecule has 2 aliphatic rings. The average molecular weight is 358 g/mol. The second-order valence-corrected chi connectivity index (χ2v) is 7.61. The van der Waals surface area contributed by atoms with Crippen molar-refractivity contribution in [3.05, 3.63) is 27.7 Å². The molecular formula is C15H20BrNO2S. The van der Waals surface area contributed by atoms with Crippen LogP contribution in [0.5, 0.6) is 5.75 Å². The van der Waals surface area contributed by atoms with Crippen LogP contribution in [0.25, 0.3) is 0 Å². The Kier molecular flexibility index (Phi) is 4.60. The van der Waals surface area contributed by atoms with Crippen LogP contribution in [0.1, 0.15) is 11.1 Å². The molecule has 0 saturated carbocycles. The maximum Gasteiger partial charge on any atom is 0.125 e. The second-order valence-electron chi connectivity index (χ2n) is 5.55. The van der Waals surface area contributed by atoms with Gasteiger partial charge in [-0.2, -0.15) is 11.8 Å². The number of aliphatic hydroxyl groups excluding tert-OH is 1. The van der Waals surface area contributed by atoms with E-state index in [-0.39, 0.29) is 12.1 Å². The van der Waals surface area contributed by atoms with E-state index in [0.717, 1.165) is 46.9 Å². The van der Waals surface area contributed by atoms with Crippen molar-refractivity contribution in [2.45, 2.75) is 25.0 Å². The molecule has 1 aromatic carbocycles. The monoisotopic (exact) mass is 357 g/mol. The molecule has 20 heavy (non-hydrogen) atoms. The summed E-state index contributed by atoms with van der Waals surface area (Å²) in [6, 6.07) is 4.45. The Morgan fingerprint density at radius 3 is 3.20 bits per heavy atom. The number of hydrogen-bond donors (Lipinski definition) is 1. The molecule has 0 aliphatic carbocycles. The van der Waals surface area contributed by atoms with Crippen molar-refractivity contribution in [2.75, 3.05) is 31.7 Å². The highest BCUT2D eigenvalue weighted by Crippen LogP contribution is 2.34. The van der Waals surface area contributed by atoms with Gasteiger partial charge in [-0.15, -0.1) is 0 Å². The first-order valence-electron chi connectivity index (χ1n) is 7.05. The molecule has 1 fully saturated rings. The van der Waals surface area contributed by atoms with Gasteiger partial charge in [-0.25, -0.2) is 0 Å². The zero-order chi connectivity index (χ0) is 14.1. The van der Waals surface area contributed by atoms with E-state index in [2.05, 4.69) is 40.0 Å². The first kappa shape index (κ1) is 14.7. The predicted molar refractivity (Wildman–Crippen MR) is 86.8 cm³/mol. The Labute approximate surface area is 132 Å². The van der Waals surface area contributed by atoms with Gasteiger partial charge in [0.05, 0.1) is 12.7 Å². The lowest BCUT2D eigenvalue weighted by atomic mass is 9.99. The summed E-state index contributed by atoms with van der Waals surface area (Å²) in [7, 11) is 2.11. The fourth-order valence-corrected chi connectivity index (χ4v) is 4.82. The SMILES string of the molecule is CN1CCSCC1C(O)Cc1cc(Br)cc2c1OCC2. The molecule has 0 radical (unpaired) electrons. The fraction of sp³-hybridized carbons (Fsp3) is 0.600. The molecule has 2 unspecified atom stereocenters. The molecule has 1 aromatic rings. The third-order valence-electron chi connectivity index (χ3n) is 4.14. The van der Waals surface area contributed by atoms with Gasteiger partial charge in [-0.05, 0) is 30.3 Å². The minimum absolute atomic E-state index is 0.241. The number of likely N-dealkylation sites (N-methyl/N-ethyl adjacent to an activating group) is 1. The van der Waals surface area contributed by atoms with Gasteiger partial charge in [-0.1, -0.05) is 15.9 Å². The molecule has 2 aliphatic heterocycles. The van der Waals surface area contributed by atoms with Crippen LogP contribution in [-0.2, 0) is 12.8 Å². The molecule has 3 nitrogen and oxygen atoms in total. The predicted octanol–water partition coefficient (Wildman–Crippen LogP) is 2.33. The summed E-state index contributed by atoms with van der Waals surface area (Å²) in [5.74, 6) is 3.17. The number of ether oxygens (including phenoxy) is 1. The fourth-order valence-electron chi connectivity index (χ4n) is 2.97. The van der Waals surface area contributed by atoms with Gasteiger partial charge in [0.2, 0.25) is 0 Å². The maximum atomic E-state index is 10.6. The molecule has 110 valence electrons. The second kappa shape index (κ2) is 6.26. The van der Waals surface area contributed by atoms with Gasteiger partial charge in [0.1, 0.15) is 5.75 Å². The van der Waals surface area contributed by atoms with Crippen molar-refractivity contribution in [3.8, 4) is 5.75 Å². The normalized spacial score (nSPS) is 24.2. The van der Waals surface area contributed by atoms with Crippen molar-refractivity contribution in [3.63, 3.8) is 0 Å². The molecule has 5 heteroatoms. The standard InChI is InChI=1S/C15H20BrNO2S/c1-17-3-5-20-9-13(17)14(18)8-11-7-12(16)6-10-2-4-19-15(10)11/h6-7,13-14,18H,2-5,8-9H2,1H3. The Hall–Kier alpha value is -0.230. The average Bonchev–Trinajstić information content (AvgIpc) is 2.87. The Balaban J connectivity index is 1.77. The van der Waals surface area contributed by atoms with Crippen molar-refractivity contribution in [1.82, 2.24) is 4.90 Å². The Bertz CT molecular complexity index is 497. The number of fused-ring (bicyclic) bond motifs is 1. The molecule has 0 amide bonds. The van der Waals surface area contributed by atoms with Crippen molar-refractivity contribution < 1.29 is 9.84 Å². The summed E-state index contributed by atoms with van der Waals surface area (Å²) in [5, 5.41) is 10.6. The molecular weight excluding hydrogens is 338 g/mol. The number of aliphatic hydroxyl groups is 1. The number of rotatable bonds is 3. The molecule has 2 atom stereocenters. The first-order valence-corrected chi connectivity index (χ1v) is 9.00. The van der Waals surface area contributed by atoms with Crippen LogP contribution >= 0.6 is 27.7 Å². The van der Waals surface area contributed by atoms with E-state index in [1.54, 1.807) is 0 Å². The number of nitrogens with zero attached hydrogens (tertiary/aromatic N) is 1. The minimum atomic E-state index is -0.338. The third-order valence-corrected chi connectivity index (χ3v) is 5.65. The highest BCUT2D eigenvalue weighted by molar-refractivity contribution is 9.10. The van der Waals surface area contributed by atoms with Gasteiger partial charge in [0.15, 0.2) is 0 Å². The summed E-state index contributed by atoms with van der Waals surface area (Å²) in [4.78, 5) is 2.28. The number of benzene rings is 1. The lowest BCUT2D eigenvalue weighted by molar-refractivity contribution is 0.0758. The van der Waals surface area contributed by atoms with Gasteiger partial charge < -0.3 is 9.84 Å². The molecule has 0 spiro atoms. The van der Waals surface area contributed by atoms with Crippen LogP contribution in [0.2, 0.25) is 0 Å². The smallest absolute Gasteiger partial charge is 0.125 e. The van der Waals surface area contributed by atoms with E-state index in [4.69, 9.17) is 4.74 Å². The summed E-state index contributed by atoms with van der Waals surface area (Å²) in [6.07, 6.45) is 1.30. The summed E-state index contributed by atoms with van der Waals surface area (Å²) >= 11 is 5.49. The highest BCUT2D eigenvalue weighted by atomic mass is 79.9. The summed E-state index contributed by atoms with van der Waals surface area (Å²) in [5.41, 5.74) is 2.39. The molecule has 2 heterocycles. The first-order chi connectivity index (χ1) is 9.65. The number of thioether (sulfide) groups is 1. The molecule has 0 aromatic heterocycles. The Morgan fingerprint density at radius 1 is 1.55 bits per heavy atom. The minimum Gasteiger partial charge on any atom is -0.493 e. The summed E-state index contributed by atoms with van der Waals surface area (Å²) in [6.45, 7) is 1.81. The highest BCUT2D eigenvalue weighted by Gasteiger charge is 2.28. The van der Waals surface area contributed by atoms with E-state index >= 15 is 0 Å². The quantitative estimate of drug-likeness (QED) is 0.899. The van der Waals surface area contributed by atoms with E-state index in [0.29, 0.717) is 6.42 Å².